The summed E-state index contributed by atoms with van der Waals surface area (Å²) in [7, 11) is 1.25. The molecule has 1 aliphatic carbocycles. The molecule has 15 heteroatoms. The monoisotopic (exact) mass is 548 g/mol. The maximum atomic E-state index is 13.1. The Bertz CT molecular complexity index is 1630. The molecule has 3 rings (SSSR count). The first kappa shape index (κ1) is 30.0. The van der Waals surface area contributed by atoms with Crippen LogP contribution in [0.1, 0.15) is 33.6 Å². The van der Waals surface area contributed by atoms with E-state index in [1.54, 1.807) is 24.3 Å². The molecule has 0 bridgehead atoms. The minimum Gasteiger partial charge on any atom is -0.481 e. The molecule has 1 aromatic carbocycles. The number of carbonyl (C=O) groups is 3. The summed E-state index contributed by atoms with van der Waals surface area (Å²) in [5.41, 5.74) is 2.74. The van der Waals surface area contributed by atoms with E-state index in [2.05, 4.69) is 11.8 Å². The lowest BCUT2D eigenvalue weighted by molar-refractivity contribution is -0.192. The van der Waals surface area contributed by atoms with Gasteiger partial charge in [0.05, 0.1) is 12.1 Å². The van der Waals surface area contributed by atoms with Crippen molar-refractivity contribution in [3.63, 3.8) is 0 Å². The van der Waals surface area contributed by atoms with E-state index in [4.69, 9.17) is 26.2 Å². The predicted molar refractivity (Wildman–Crippen MR) is 129 cm³/mol. The average Bonchev–Trinajstić information content (AvgIpc) is 2.92. The van der Waals surface area contributed by atoms with Crippen molar-refractivity contribution in [3.05, 3.63) is 83.8 Å². The number of nitrogens with two attached hydrogens (primary N) is 1. The van der Waals surface area contributed by atoms with E-state index in [1.807, 2.05) is 0 Å². The fourth-order valence-electron chi connectivity index (χ4n) is 3.15. The number of alkyl halides is 3. The van der Waals surface area contributed by atoms with Gasteiger partial charge < -0.3 is 20.5 Å². The molecule has 1 aromatic heterocycles. The number of nitrogens with one attached hydrogen (secondary N) is 1. The van der Waals surface area contributed by atoms with E-state index in [0.717, 1.165) is 4.57 Å². The number of carbonyl (C=O) groups excluding carboxylic acids is 1. The van der Waals surface area contributed by atoms with Gasteiger partial charge in [-0.3, -0.25) is 33.9 Å². The Hall–Kier alpha value is -5.26. The van der Waals surface area contributed by atoms with E-state index in [1.165, 1.54) is 19.2 Å². The normalized spacial score (nSPS) is 13.7. The SMILES string of the molecule is Cn1c2c(c(=O)n(CCC(=O)O)c(=O)c1=O)C(=O)C(C#Cc1ccc(C(=N)N)cc1)C=C2.O=C(O)C(F)(F)F. The average molecular weight is 548 g/mol. The van der Waals surface area contributed by atoms with Crippen LogP contribution in [-0.4, -0.2) is 49.1 Å². The Morgan fingerprint density at radius 3 is 2.10 bits per heavy atom. The number of hydrogen-bond acceptors (Lipinski definition) is 7. The number of nitrogen functional groups attached to an aromatic ring is 1. The summed E-state index contributed by atoms with van der Waals surface area (Å²) in [4.78, 5) is 70.6. The standard InChI is InChI=1S/C22H18N4O6.C2HF3O2/c1-25-15-9-8-13(5-2-12-3-6-14(7-4-12)19(23)24)18(29)17(15)20(30)26(11-10-16(27)28)22(32)21(25)31;3-2(4,5)1(6)7/h3-4,6-9,13H,10-11H2,1H3,(H3,23,24)(H,27,28);(H,6,7). The van der Waals surface area contributed by atoms with Crippen molar-refractivity contribution in [2.45, 2.75) is 19.1 Å². The van der Waals surface area contributed by atoms with Crippen molar-refractivity contribution in [2.24, 2.45) is 18.7 Å². The molecule has 0 amide bonds. The fourth-order valence-corrected chi connectivity index (χ4v) is 3.15. The van der Waals surface area contributed by atoms with E-state index in [-0.39, 0.29) is 11.5 Å². The zero-order chi connectivity index (χ0) is 29.7. The Morgan fingerprint density at radius 1 is 1.05 bits per heavy atom. The molecule has 1 atom stereocenters. The maximum absolute atomic E-state index is 13.1. The highest BCUT2D eigenvalue weighted by Crippen LogP contribution is 2.18. The molecule has 2 aromatic rings. The summed E-state index contributed by atoms with van der Waals surface area (Å²) < 4.78 is 33.1. The molecule has 0 aliphatic heterocycles. The summed E-state index contributed by atoms with van der Waals surface area (Å²) in [5.74, 6) is -0.262. The zero-order valence-electron chi connectivity index (χ0n) is 19.9. The van der Waals surface area contributed by atoms with Gasteiger partial charge in [0.2, 0.25) is 0 Å². The number of Topliss-reactive ketones (excluding diaryl/α,β-unsaturated/α-hetero) is 1. The molecule has 0 spiro atoms. The first-order valence-corrected chi connectivity index (χ1v) is 10.6. The smallest absolute Gasteiger partial charge is 0.481 e. The Kier molecular flexibility index (Phi) is 9.11. The van der Waals surface area contributed by atoms with E-state index in [9.17, 15) is 37.1 Å². The molecule has 1 unspecified atom stereocenters. The molecule has 12 nitrogen and oxygen atoms in total. The van der Waals surface area contributed by atoms with Gasteiger partial charge in [-0.05, 0) is 18.2 Å². The highest BCUT2D eigenvalue weighted by molar-refractivity contribution is 6.05. The van der Waals surface area contributed by atoms with Crippen LogP contribution < -0.4 is 22.4 Å². The van der Waals surface area contributed by atoms with Crippen LogP contribution in [0.5, 0.6) is 0 Å². The first-order chi connectivity index (χ1) is 18.1. The predicted octanol–water partition coefficient (Wildman–Crippen LogP) is 0.177. The van der Waals surface area contributed by atoms with Gasteiger partial charge in [-0.1, -0.05) is 30.0 Å². The molecule has 0 saturated carbocycles. The van der Waals surface area contributed by atoms with Gasteiger partial charge >= 0.3 is 29.2 Å². The summed E-state index contributed by atoms with van der Waals surface area (Å²) >= 11 is 0. The number of nitrogens with zero attached hydrogens (tertiary/aromatic N) is 2. The number of hydrogen-bond donors (Lipinski definition) is 4. The molecule has 1 heterocycles. The Morgan fingerprint density at radius 2 is 1.62 bits per heavy atom. The lowest BCUT2D eigenvalue weighted by atomic mass is 9.92. The van der Waals surface area contributed by atoms with Gasteiger partial charge in [0.1, 0.15) is 17.3 Å². The second kappa shape index (κ2) is 11.9. The summed E-state index contributed by atoms with van der Waals surface area (Å²) in [6.45, 7) is -0.542. The molecule has 0 saturated heterocycles. The third-order valence-electron chi connectivity index (χ3n) is 5.14. The summed E-state index contributed by atoms with van der Waals surface area (Å²) in [6.07, 6.45) is -2.86. The number of carboxylic acids is 2. The maximum Gasteiger partial charge on any atom is 0.490 e. The quantitative estimate of drug-likeness (QED) is 0.178. The van der Waals surface area contributed by atoms with Crippen molar-refractivity contribution in [3.8, 4) is 11.8 Å². The van der Waals surface area contributed by atoms with Crippen molar-refractivity contribution >= 4 is 29.6 Å². The summed E-state index contributed by atoms with van der Waals surface area (Å²) in [6, 6.07) is 6.46. The second-order valence-electron chi connectivity index (χ2n) is 7.79. The van der Waals surface area contributed by atoms with E-state index in [0.29, 0.717) is 15.7 Å². The number of aromatic nitrogens is 2. The number of halogens is 3. The molecular formula is C24H19F3N4O8. The lowest BCUT2D eigenvalue weighted by Gasteiger charge is -2.13. The van der Waals surface area contributed by atoms with Crippen LogP contribution >= 0.6 is 0 Å². The Labute approximate surface area is 215 Å². The number of ketones is 1. The van der Waals surface area contributed by atoms with Crippen molar-refractivity contribution < 1.29 is 37.8 Å². The number of carboxylic acid groups (broad SMARTS) is 2. The fraction of sp³-hybridized carbons (Fsp3) is 0.208. The topological polar surface area (TPSA) is 203 Å². The van der Waals surface area contributed by atoms with E-state index < -0.39 is 65.0 Å². The number of aliphatic carboxylic acids is 2. The van der Waals surface area contributed by atoms with Gasteiger partial charge in [-0.15, -0.1) is 0 Å². The van der Waals surface area contributed by atoms with Crippen molar-refractivity contribution in [1.82, 2.24) is 9.13 Å². The van der Waals surface area contributed by atoms with Gasteiger partial charge in [-0.2, -0.15) is 13.2 Å². The zero-order valence-corrected chi connectivity index (χ0v) is 19.9. The second-order valence-corrected chi connectivity index (χ2v) is 7.79. The Balaban J connectivity index is 0.000000673. The number of fused-ring (bicyclic) bond motifs is 1. The van der Waals surface area contributed by atoms with Crippen molar-refractivity contribution in [1.29, 1.82) is 5.41 Å². The number of amidine groups is 1. The van der Waals surface area contributed by atoms with Crippen LogP contribution in [0.4, 0.5) is 13.2 Å². The molecular weight excluding hydrogens is 529 g/mol. The molecule has 204 valence electrons. The highest BCUT2D eigenvalue weighted by atomic mass is 19.4. The summed E-state index contributed by atoms with van der Waals surface area (Å²) in [5, 5.41) is 23.4. The van der Waals surface area contributed by atoms with Gasteiger partial charge in [0.15, 0.2) is 5.78 Å². The highest BCUT2D eigenvalue weighted by Gasteiger charge is 2.38. The molecule has 0 radical (unpaired) electrons. The van der Waals surface area contributed by atoms with Crippen LogP contribution in [0.15, 0.2) is 44.7 Å². The number of rotatable bonds is 4. The van der Waals surface area contributed by atoms with Gasteiger partial charge in [0.25, 0.3) is 5.56 Å². The van der Waals surface area contributed by atoms with Crippen LogP contribution in [0.3, 0.4) is 0 Å². The molecule has 5 N–H and O–H groups in total. The largest absolute Gasteiger partial charge is 0.490 e. The molecule has 1 aliphatic rings. The van der Waals surface area contributed by atoms with Crippen LogP contribution in [0.2, 0.25) is 0 Å². The van der Waals surface area contributed by atoms with Gasteiger partial charge in [-0.25, -0.2) is 4.79 Å². The van der Waals surface area contributed by atoms with Crippen LogP contribution in [0.25, 0.3) is 6.08 Å². The lowest BCUT2D eigenvalue weighted by Crippen LogP contribution is -2.42. The van der Waals surface area contributed by atoms with Crippen LogP contribution in [0, 0.1) is 23.2 Å². The van der Waals surface area contributed by atoms with Gasteiger partial charge in [0, 0.05) is 24.7 Å². The van der Waals surface area contributed by atoms with Crippen molar-refractivity contribution in [2.75, 3.05) is 0 Å². The van der Waals surface area contributed by atoms with E-state index >= 15 is 0 Å². The molecule has 39 heavy (non-hydrogen) atoms. The third kappa shape index (κ3) is 7.16. The number of benzene rings is 1. The first-order valence-electron chi connectivity index (χ1n) is 10.6. The van der Waals surface area contributed by atoms with Crippen LogP contribution in [-0.2, 0) is 23.2 Å². The minimum atomic E-state index is -5.08. The number of allylic oxidation sites excluding steroid dienone is 1. The molecule has 0 fully saturated rings. The minimum absolute atomic E-state index is 0.0416. The third-order valence-corrected chi connectivity index (χ3v) is 5.14.